The molecule has 2 N–H and O–H groups in total. The maximum absolute atomic E-state index is 13.2. The number of nitrogens with zero attached hydrogens (tertiary/aromatic N) is 1. The Morgan fingerprint density at radius 1 is 1.53 bits per heavy atom. The fourth-order valence-corrected chi connectivity index (χ4v) is 2.66. The van der Waals surface area contributed by atoms with Crippen molar-refractivity contribution in [3.63, 3.8) is 0 Å². The van der Waals surface area contributed by atoms with Crippen LogP contribution in [0.1, 0.15) is 23.2 Å². The Balaban J connectivity index is 2.24. The summed E-state index contributed by atoms with van der Waals surface area (Å²) in [5.74, 6) is -0.552. The van der Waals surface area contributed by atoms with Gasteiger partial charge in [0.05, 0.1) is 0 Å². The van der Waals surface area contributed by atoms with E-state index in [1.54, 1.807) is 11.0 Å². The van der Waals surface area contributed by atoms with Crippen molar-refractivity contribution in [1.29, 1.82) is 0 Å². The normalized spacial score (nSPS) is 19.7. The van der Waals surface area contributed by atoms with Gasteiger partial charge >= 0.3 is 0 Å². The Hall–Kier alpha value is -0.940. The molecule has 1 heterocycles. The van der Waals surface area contributed by atoms with Crippen LogP contribution in [0, 0.1) is 5.82 Å². The lowest BCUT2D eigenvalue weighted by Crippen LogP contribution is -2.39. The molecule has 1 aliphatic rings. The lowest BCUT2D eigenvalue weighted by Gasteiger charge is -2.23. The van der Waals surface area contributed by atoms with Crippen LogP contribution in [0.25, 0.3) is 0 Å². The summed E-state index contributed by atoms with van der Waals surface area (Å²) in [5.41, 5.74) is 6.00. The van der Waals surface area contributed by atoms with Crippen LogP contribution in [0.5, 0.6) is 0 Å². The third kappa shape index (κ3) is 2.66. The van der Waals surface area contributed by atoms with Crippen molar-refractivity contribution >= 4 is 21.8 Å². The standard InChI is InChI=1S/C12H14BrFN2O/c13-9-4-8(5-10(14)6-9)12(17)16-3-1-2-11(16)7-15/h4-6,11H,1-3,7,15H2. The van der Waals surface area contributed by atoms with E-state index in [-0.39, 0.29) is 11.9 Å². The predicted octanol–water partition coefficient (Wildman–Crippen LogP) is 2.15. The maximum Gasteiger partial charge on any atom is 0.254 e. The molecule has 92 valence electrons. The molecule has 0 aromatic heterocycles. The molecule has 3 nitrogen and oxygen atoms in total. The number of benzene rings is 1. The van der Waals surface area contributed by atoms with E-state index in [0.29, 0.717) is 23.1 Å². The molecule has 5 heteroatoms. The number of carbonyl (C=O) groups excluding carboxylic acids is 1. The zero-order valence-electron chi connectivity index (χ0n) is 9.33. The van der Waals surface area contributed by atoms with Crippen molar-refractivity contribution < 1.29 is 9.18 Å². The maximum atomic E-state index is 13.2. The number of hydrogen-bond acceptors (Lipinski definition) is 2. The third-order valence-corrected chi connectivity index (χ3v) is 3.48. The molecule has 1 saturated heterocycles. The molecule has 0 saturated carbocycles. The SMILES string of the molecule is NCC1CCCN1C(=O)c1cc(F)cc(Br)c1. The van der Waals surface area contributed by atoms with E-state index >= 15 is 0 Å². The first-order chi connectivity index (χ1) is 8.11. The first-order valence-corrected chi connectivity index (χ1v) is 6.38. The largest absolute Gasteiger partial charge is 0.334 e. The van der Waals surface area contributed by atoms with Gasteiger partial charge in [-0.15, -0.1) is 0 Å². The highest BCUT2D eigenvalue weighted by atomic mass is 79.9. The number of amides is 1. The van der Waals surface area contributed by atoms with Gasteiger partial charge in [-0.2, -0.15) is 0 Å². The van der Waals surface area contributed by atoms with Gasteiger partial charge in [0.1, 0.15) is 5.82 Å². The second kappa shape index (κ2) is 5.14. The molecule has 1 unspecified atom stereocenters. The summed E-state index contributed by atoms with van der Waals surface area (Å²) in [6.45, 7) is 1.16. The first kappa shape index (κ1) is 12.5. The summed E-state index contributed by atoms with van der Waals surface area (Å²) in [5, 5.41) is 0. The quantitative estimate of drug-likeness (QED) is 0.910. The lowest BCUT2D eigenvalue weighted by molar-refractivity contribution is 0.0740. The van der Waals surface area contributed by atoms with Crippen LogP contribution in [0.15, 0.2) is 22.7 Å². The van der Waals surface area contributed by atoms with Crippen LogP contribution in [0.4, 0.5) is 4.39 Å². The molecule has 1 aromatic carbocycles. The van der Waals surface area contributed by atoms with Gasteiger partial charge in [-0.05, 0) is 31.0 Å². The van der Waals surface area contributed by atoms with Crippen LogP contribution in [0.3, 0.4) is 0 Å². The minimum atomic E-state index is -0.411. The molecule has 1 aliphatic heterocycles. The Bertz CT molecular complexity index is 418. The summed E-state index contributed by atoms with van der Waals surface area (Å²) in [4.78, 5) is 13.9. The number of halogens is 2. The van der Waals surface area contributed by atoms with E-state index in [4.69, 9.17) is 5.73 Å². The fraction of sp³-hybridized carbons (Fsp3) is 0.417. The average molecular weight is 301 g/mol. The molecule has 1 atom stereocenters. The number of carbonyl (C=O) groups is 1. The second-order valence-corrected chi connectivity index (χ2v) is 5.10. The smallest absolute Gasteiger partial charge is 0.254 e. The van der Waals surface area contributed by atoms with Crippen molar-refractivity contribution in [2.24, 2.45) is 5.73 Å². The van der Waals surface area contributed by atoms with Gasteiger partial charge in [-0.1, -0.05) is 15.9 Å². The van der Waals surface area contributed by atoms with Crippen LogP contribution >= 0.6 is 15.9 Å². The zero-order valence-corrected chi connectivity index (χ0v) is 10.9. The van der Waals surface area contributed by atoms with E-state index in [2.05, 4.69) is 15.9 Å². The van der Waals surface area contributed by atoms with Crippen molar-refractivity contribution in [1.82, 2.24) is 4.90 Å². The monoisotopic (exact) mass is 300 g/mol. The highest BCUT2D eigenvalue weighted by Crippen LogP contribution is 2.22. The Morgan fingerprint density at radius 3 is 2.94 bits per heavy atom. The molecule has 0 spiro atoms. The van der Waals surface area contributed by atoms with Crippen molar-refractivity contribution in [2.75, 3.05) is 13.1 Å². The first-order valence-electron chi connectivity index (χ1n) is 5.59. The fourth-order valence-electron chi connectivity index (χ4n) is 2.19. The number of hydrogen-bond donors (Lipinski definition) is 1. The van der Waals surface area contributed by atoms with Crippen molar-refractivity contribution in [3.8, 4) is 0 Å². The van der Waals surface area contributed by atoms with Crippen LogP contribution in [-0.4, -0.2) is 29.9 Å². The molecular weight excluding hydrogens is 287 g/mol. The third-order valence-electron chi connectivity index (χ3n) is 3.02. The van der Waals surface area contributed by atoms with Crippen LogP contribution < -0.4 is 5.73 Å². The van der Waals surface area contributed by atoms with Gasteiger partial charge in [0.25, 0.3) is 5.91 Å². The van der Waals surface area contributed by atoms with E-state index < -0.39 is 5.82 Å². The summed E-state index contributed by atoms with van der Waals surface area (Å²) in [7, 11) is 0. The van der Waals surface area contributed by atoms with E-state index in [0.717, 1.165) is 12.8 Å². The van der Waals surface area contributed by atoms with Gasteiger partial charge in [0.2, 0.25) is 0 Å². The average Bonchev–Trinajstić information content (AvgIpc) is 2.74. The van der Waals surface area contributed by atoms with Gasteiger partial charge < -0.3 is 10.6 Å². The summed E-state index contributed by atoms with van der Waals surface area (Å²) in [6.07, 6.45) is 1.89. The predicted molar refractivity (Wildman–Crippen MR) is 67.2 cm³/mol. The van der Waals surface area contributed by atoms with E-state index in [1.165, 1.54) is 12.1 Å². The Kier molecular flexibility index (Phi) is 3.79. The number of likely N-dealkylation sites (tertiary alicyclic amines) is 1. The second-order valence-electron chi connectivity index (χ2n) is 4.19. The van der Waals surface area contributed by atoms with Crippen molar-refractivity contribution in [2.45, 2.75) is 18.9 Å². The summed E-state index contributed by atoms with van der Waals surface area (Å²) in [6, 6.07) is 4.32. The van der Waals surface area contributed by atoms with Crippen LogP contribution in [0.2, 0.25) is 0 Å². The minimum absolute atomic E-state index is 0.0875. The lowest BCUT2D eigenvalue weighted by atomic mass is 10.1. The van der Waals surface area contributed by atoms with Gasteiger partial charge in [-0.3, -0.25) is 4.79 Å². The van der Waals surface area contributed by atoms with E-state index in [1.807, 2.05) is 0 Å². The molecular formula is C12H14BrFN2O. The molecule has 0 bridgehead atoms. The van der Waals surface area contributed by atoms with Gasteiger partial charge in [-0.25, -0.2) is 4.39 Å². The van der Waals surface area contributed by atoms with Crippen LogP contribution in [-0.2, 0) is 0 Å². The molecule has 1 aromatic rings. The summed E-state index contributed by atoms with van der Waals surface area (Å²) < 4.78 is 13.8. The highest BCUT2D eigenvalue weighted by Gasteiger charge is 2.28. The molecule has 17 heavy (non-hydrogen) atoms. The molecule has 2 rings (SSSR count). The van der Waals surface area contributed by atoms with Gasteiger partial charge in [0, 0.05) is 29.2 Å². The molecule has 1 fully saturated rings. The minimum Gasteiger partial charge on any atom is -0.334 e. The highest BCUT2D eigenvalue weighted by molar-refractivity contribution is 9.10. The Morgan fingerprint density at radius 2 is 2.29 bits per heavy atom. The summed E-state index contributed by atoms with van der Waals surface area (Å²) >= 11 is 3.19. The van der Waals surface area contributed by atoms with E-state index in [9.17, 15) is 9.18 Å². The zero-order chi connectivity index (χ0) is 12.4. The number of rotatable bonds is 2. The van der Waals surface area contributed by atoms with Gasteiger partial charge in [0.15, 0.2) is 0 Å². The molecule has 0 aliphatic carbocycles. The van der Waals surface area contributed by atoms with Crippen molar-refractivity contribution in [3.05, 3.63) is 34.1 Å². The molecule has 1 amide bonds. The number of nitrogens with two attached hydrogens (primary N) is 1. The molecule has 0 radical (unpaired) electrons. The topological polar surface area (TPSA) is 46.3 Å². The Labute approximate surface area is 108 Å².